The van der Waals surface area contributed by atoms with Crippen LogP contribution in [0.5, 0.6) is 0 Å². The van der Waals surface area contributed by atoms with Crippen molar-refractivity contribution in [3.8, 4) is 0 Å². The van der Waals surface area contributed by atoms with Gasteiger partial charge in [-0.25, -0.2) is 16.8 Å². The van der Waals surface area contributed by atoms with Crippen LogP contribution in [0.1, 0.15) is 6.92 Å². The monoisotopic (exact) mass is 263 g/mol. The predicted octanol–water partition coefficient (Wildman–Crippen LogP) is 0.852. The highest BCUT2D eigenvalue weighted by Crippen LogP contribution is 2.16. The lowest BCUT2D eigenvalue weighted by Gasteiger charge is -2.06. The van der Waals surface area contributed by atoms with Crippen molar-refractivity contribution < 1.29 is 16.8 Å². The smallest absolute Gasteiger partial charge is 0.232 e. The van der Waals surface area contributed by atoms with E-state index in [0.29, 0.717) is 0 Å². The minimum Gasteiger partial charge on any atom is -0.284 e. The van der Waals surface area contributed by atoms with Gasteiger partial charge in [0.15, 0.2) is 9.84 Å². The zero-order chi connectivity index (χ0) is 12.4. The van der Waals surface area contributed by atoms with Gasteiger partial charge in [0.1, 0.15) is 0 Å². The highest BCUT2D eigenvalue weighted by molar-refractivity contribution is 7.92. The standard InChI is InChI=1S/C9H13NO4S2/c1-3-16(13,14)10-8-5-4-6-9(7-8)15(2,11)12/h4-7,10H,3H2,1-2H3. The molecule has 0 spiro atoms. The van der Waals surface area contributed by atoms with Gasteiger partial charge in [-0.1, -0.05) is 6.07 Å². The Morgan fingerprint density at radius 3 is 2.31 bits per heavy atom. The van der Waals surface area contributed by atoms with E-state index >= 15 is 0 Å². The molecule has 1 rings (SSSR count). The van der Waals surface area contributed by atoms with E-state index in [4.69, 9.17) is 0 Å². The van der Waals surface area contributed by atoms with Gasteiger partial charge in [-0.2, -0.15) is 0 Å². The molecule has 1 aromatic rings. The van der Waals surface area contributed by atoms with E-state index in [1.165, 1.54) is 31.2 Å². The molecule has 0 unspecified atom stereocenters. The molecule has 16 heavy (non-hydrogen) atoms. The van der Waals surface area contributed by atoms with Gasteiger partial charge in [0.05, 0.1) is 10.6 Å². The van der Waals surface area contributed by atoms with Gasteiger partial charge in [-0.15, -0.1) is 0 Å². The Morgan fingerprint density at radius 2 is 1.81 bits per heavy atom. The molecule has 5 nitrogen and oxygen atoms in total. The number of hydrogen-bond acceptors (Lipinski definition) is 4. The minimum absolute atomic E-state index is 0.0594. The number of sulfonamides is 1. The molecule has 0 saturated carbocycles. The summed E-state index contributed by atoms with van der Waals surface area (Å²) in [6.45, 7) is 1.50. The van der Waals surface area contributed by atoms with Gasteiger partial charge in [-0.05, 0) is 25.1 Å². The number of benzene rings is 1. The van der Waals surface area contributed by atoms with Crippen LogP contribution in [0, 0.1) is 0 Å². The van der Waals surface area contributed by atoms with Gasteiger partial charge in [-0.3, -0.25) is 4.72 Å². The molecule has 7 heteroatoms. The molecular formula is C9H13NO4S2. The Morgan fingerprint density at radius 1 is 1.19 bits per heavy atom. The lowest BCUT2D eigenvalue weighted by atomic mass is 10.3. The van der Waals surface area contributed by atoms with Crippen LogP contribution in [0.3, 0.4) is 0 Å². The van der Waals surface area contributed by atoms with Gasteiger partial charge in [0.25, 0.3) is 0 Å². The van der Waals surface area contributed by atoms with Gasteiger partial charge in [0.2, 0.25) is 10.0 Å². The van der Waals surface area contributed by atoms with E-state index in [9.17, 15) is 16.8 Å². The van der Waals surface area contributed by atoms with Crippen LogP contribution in [0.15, 0.2) is 29.2 Å². The van der Waals surface area contributed by atoms with E-state index in [1.54, 1.807) is 0 Å². The Kier molecular flexibility index (Phi) is 3.59. The van der Waals surface area contributed by atoms with E-state index in [2.05, 4.69) is 4.72 Å². The second-order valence-corrected chi connectivity index (χ2v) is 7.33. The first-order valence-corrected chi connectivity index (χ1v) is 8.09. The maximum Gasteiger partial charge on any atom is 0.232 e. The maximum absolute atomic E-state index is 11.3. The predicted molar refractivity (Wildman–Crippen MR) is 62.6 cm³/mol. The van der Waals surface area contributed by atoms with E-state index in [0.717, 1.165) is 6.26 Å². The number of anilines is 1. The molecule has 0 aromatic heterocycles. The molecule has 0 amide bonds. The zero-order valence-electron chi connectivity index (χ0n) is 8.97. The summed E-state index contributed by atoms with van der Waals surface area (Å²) in [5.41, 5.74) is 0.254. The third kappa shape index (κ3) is 3.49. The average molecular weight is 263 g/mol. The molecule has 1 aromatic carbocycles. The summed E-state index contributed by atoms with van der Waals surface area (Å²) >= 11 is 0. The molecule has 0 fully saturated rings. The van der Waals surface area contributed by atoms with Crippen LogP contribution in [-0.4, -0.2) is 28.8 Å². The fourth-order valence-electron chi connectivity index (χ4n) is 1.04. The molecule has 0 aliphatic heterocycles. The van der Waals surface area contributed by atoms with Crippen molar-refractivity contribution >= 4 is 25.5 Å². The summed E-state index contributed by atoms with van der Waals surface area (Å²) in [4.78, 5) is 0.0869. The fourth-order valence-corrected chi connectivity index (χ4v) is 2.34. The van der Waals surface area contributed by atoms with Gasteiger partial charge < -0.3 is 0 Å². The van der Waals surface area contributed by atoms with Crippen LogP contribution in [0.4, 0.5) is 5.69 Å². The van der Waals surface area contributed by atoms with Crippen molar-refractivity contribution in [3.63, 3.8) is 0 Å². The minimum atomic E-state index is -3.38. The molecule has 0 heterocycles. The van der Waals surface area contributed by atoms with Crippen molar-refractivity contribution in [3.05, 3.63) is 24.3 Å². The van der Waals surface area contributed by atoms with E-state index in [1.807, 2.05) is 0 Å². The third-order valence-electron chi connectivity index (χ3n) is 1.92. The summed E-state index contributed by atoms with van der Waals surface area (Å²) < 4.78 is 47.3. The van der Waals surface area contributed by atoms with E-state index < -0.39 is 19.9 Å². The lowest BCUT2D eigenvalue weighted by molar-refractivity contribution is 0.599. The largest absolute Gasteiger partial charge is 0.284 e. The summed E-state index contributed by atoms with van der Waals surface area (Å²) in [6, 6.07) is 5.70. The van der Waals surface area contributed by atoms with Crippen molar-refractivity contribution in [1.82, 2.24) is 0 Å². The molecule has 0 atom stereocenters. The first-order valence-electron chi connectivity index (χ1n) is 4.55. The van der Waals surface area contributed by atoms with Crippen LogP contribution in [-0.2, 0) is 19.9 Å². The zero-order valence-corrected chi connectivity index (χ0v) is 10.6. The quantitative estimate of drug-likeness (QED) is 0.873. The van der Waals surface area contributed by atoms with Gasteiger partial charge in [0, 0.05) is 11.9 Å². The first kappa shape index (κ1) is 13.0. The maximum atomic E-state index is 11.3. The lowest BCUT2D eigenvalue weighted by Crippen LogP contribution is -2.14. The highest BCUT2D eigenvalue weighted by atomic mass is 32.2. The van der Waals surface area contributed by atoms with Crippen molar-refractivity contribution in [1.29, 1.82) is 0 Å². The first-order chi connectivity index (χ1) is 7.24. The Bertz CT molecular complexity index is 575. The Labute approximate surface area is 95.5 Å². The van der Waals surface area contributed by atoms with Crippen LogP contribution in [0.2, 0.25) is 0 Å². The summed E-state index contributed by atoms with van der Waals surface area (Å²) in [6.07, 6.45) is 1.07. The number of sulfone groups is 1. The molecule has 0 bridgehead atoms. The highest BCUT2D eigenvalue weighted by Gasteiger charge is 2.10. The van der Waals surface area contributed by atoms with Crippen molar-refractivity contribution in [2.75, 3.05) is 16.7 Å². The molecule has 0 saturated heterocycles. The van der Waals surface area contributed by atoms with Crippen LogP contribution >= 0.6 is 0 Å². The van der Waals surface area contributed by atoms with Crippen molar-refractivity contribution in [2.45, 2.75) is 11.8 Å². The van der Waals surface area contributed by atoms with Crippen LogP contribution < -0.4 is 4.72 Å². The van der Waals surface area contributed by atoms with Crippen molar-refractivity contribution in [2.24, 2.45) is 0 Å². The second kappa shape index (κ2) is 4.42. The SMILES string of the molecule is CCS(=O)(=O)Nc1cccc(S(C)(=O)=O)c1. The fraction of sp³-hybridized carbons (Fsp3) is 0.333. The molecule has 0 radical (unpaired) electrons. The summed E-state index contributed by atoms with van der Waals surface area (Å²) in [7, 11) is -6.70. The third-order valence-corrected chi connectivity index (χ3v) is 4.33. The molecule has 0 aliphatic carbocycles. The molecule has 1 N–H and O–H groups in total. The number of nitrogens with one attached hydrogen (secondary N) is 1. The average Bonchev–Trinajstić information content (AvgIpc) is 2.16. The van der Waals surface area contributed by atoms with E-state index in [-0.39, 0.29) is 16.3 Å². The second-order valence-electron chi connectivity index (χ2n) is 3.31. The topological polar surface area (TPSA) is 80.3 Å². The van der Waals surface area contributed by atoms with Crippen LogP contribution in [0.25, 0.3) is 0 Å². The number of rotatable bonds is 4. The van der Waals surface area contributed by atoms with Gasteiger partial charge >= 0.3 is 0 Å². The summed E-state index contributed by atoms with van der Waals surface area (Å²) in [5, 5.41) is 0. The molecular weight excluding hydrogens is 250 g/mol. The Balaban J connectivity index is 3.11. The normalized spacial score (nSPS) is 12.4. The Hall–Kier alpha value is -1.08. The molecule has 0 aliphatic rings. The summed E-state index contributed by atoms with van der Waals surface area (Å²) in [5.74, 6) is -0.0594. The molecule has 90 valence electrons. The number of hydrogen-bond donors (Lipinski definition) is 1.